The third-order valence-corrected chi connectivity index (χ3v) is 7.29. The third kappa shape index (κ3) is 5.90. The zero-order chi connectivity index (χ0) is 23.9. The van der Waals surface area contributed by atoms with Gasteiger partial charge in [-0.15, -0.1) is 22.0 Å². The number of nitrogens with zero attached hydrogens (tertiary/aromatic N) is 3. The molecule has 0 saturated heterocycles. The smallest absolute Gasteiger partial charge is 0.234 e. The Kier molecular flexibility index (Phi) is 8.08. The summed E-state index contributed by atoms with van der Waals surface area (Å²) in [5.41, 5.74) is 4.11. The topological polar surface area (TPSA) is 59.8 Å². The molecule has 4 aromatic rings. The standard InChI is InChI=1S/C27H28N4OS2/c1-19(2)23-16-10-11-20(3)26(23)28-25(32)18-34-27-30-29-24(17-33-22-14-8-5-9-15-22)31(27)21-12-6-4-7-13-21/h4-16,19H,17-18H2,1-3H3,(H,28,32). The Morgan fingerprint density at radius 2 is 1.62 bits per heavy atom. The van der Waals surface area contributed by atoms with Gasteiger partial charge in [0.05, 0.1) is 11.5 Å². The molecule has 0 spiro atoms. The van der Waals surface area contributed by atoms with E-state index in [0.717, 1.165) is 28.3 Å². The lowest BCUT2D eigenvalue weighted by atomic mass is 9.98. The molecule has 174 valence electrons. The summed E-state index contributed by atoms with van der Waals surface area (Å²) < 4.78 is 2.04. The summed E-state index contributed by atoms with van der Waals surface area (Å²) in [5.74, 6) is 2.06. The minimum Gasteiger partial charge on any atom is -0.325 e. The molecular formula is C27H28N4OS2. The molecule has 0 aliphatic heterocycles. The van der Waals surface area contributed by atoms with Gasteiger partial charge in [0, 0.05) is 16.3 Å². The molecular weight excluding hydrogens is 460 g/mol. The number of carbonyl (C=O) groups excluding carboxylic acids is 1. The SMILES string of the molecule is Cc1cccc(C(C)C)c1NC(=O)CSc1nnc(CSc2ccccc2)n1-c1ccccc1. The maximum atomic E-state index is 12.9. The van der Waals surface area contributed by atoms with Crippen molar-refractivity contribution in [3.63, 3.8) is 0 Å². The fraction of sp³-hybridized carbons (Fsp3) is 0.222. The number of para-hydroxylation sites is 2. The van der Waals surface area contributed by atoms with Crippen molar-refractivity contribution in [2.24, 2.45) is 0 Å². The average molecular weight is 489 g/mol. The van der Waals surface area contributed by atoms with Crippen LogP contribution in [0.25, 0.3) is 5.69 Å². The normalized spacial score (nSPS) is 11.1. The van der Waals surface area contributed by atoms with Crippen molar-refractivity contribution < 1.29 is 4.79 Å². The van der Waals surface area contributed by atoms with Crippen molar-refractivity contribution in [1.82, 2.24) is 14.8 Å². The van der Waals surface area contributed by atoms with Crippen LogP contribution in [0.15, 0.2) is 88.9 Å². The summed E-state index contributed by atoms with van der Waals surface area (Å²) in [6, 6.07) is 26.4. The van der Waals surface area contributed by atoms with Crippen LogP contribution in [0, 0.1) is 6.92 Å². The summed E-state index contributed by atoms with van der Waals surface area (Å²) in [7, 11) is 0. The van der Waals surface area contributed by atoms with E-state index in [1.54, 1.807) is 11.8 Å². The molecule has 0 aliphatic rings. The first-order valence-corrected chi connectivity index (χ1v) is 13.2. The molecule has 1 heterocycles. The van der Waals surface area contributed by atoms with Crippen LogP contribution in [-0.4, -0.2) is 26.4 Å². The molecule has 0 atom stereocenters. The van der Waals surface area contributed by atoms with E-state index in [4.69, 9.17) is 0 Å². The summed E-state index contributed by atoms with van der Waals surface area (Å²) in [5, 5.41) is 12.7. The number of aromatic nitrogens is 3. The molecule has 3 aromatic carbocycles. The molecule has 1 aromatic heterocycles. The molecule has 0 radical (unpaired) electrons. The van der Waals surface area contributed by atoms with E-state index in [9.17, 15) is 4.79 Å². The van der Waals surface area contributed by atoms with Crippen molar-refractivity contribution in [3.8, 4) is 5.69 Å². The van der Waals surface area contributed by atoms with Gasteiger partial charge in [0.15, 0.2) is 5.16 Å². The van der Waals surface area contributed by atoms with Crippen molar-refractivity contribution in [2.75, 3.05) is 11.1 Å². The van der Waals surface area contributed by atoms with Crippen LogP contribution in [0.3, 0.4) is 0 Å². The Morgan fingerprint density at radius 1 is 0.912 bits per heavy atom. The zero-order valence-electron chi connectivity index (χ0n) is 19.6. The van der Waals surface area contributed by atoms with Gasteiger partial charge in [0.25, 0.3) is 0 Å². The van der Waals surface area contributed by atoms with Gasteiger partial charge in [0.2, 0.25) is 5.91 Å². The summed E-state index contributed by atoms with van der Waals surface area (Å²) in [4.78, 5) is 14.1. The van der Waals surface area contributed by atoms with Crippen LogP contribution < -0.4 is 5.32 Å². The number of aryl methyl sites for hydroxylation is 1. The molecule has 34 heavy (non-hydrogen) atoms. The second-order valence-electron chi connectivity index (χ2n) is 8.20. The van der Waals surface area contributed by atoms with Gasteiger partial charge in [-0.3, -0.25) is 9.36 Å². The number of carbonyl (C=O) groups is 1. The van der Waals surface area contributed by atoms with Crippen molar-refractivity contribution in [2.45, 2.75) is 42.5 Å². The second-order valence-corrected chi connectivity index (χ2v) is 10.2. The number of nitrogens with one attached hydrogen (secondary N) is 1. The molecule has 4 rings (SSSR count). The zero-order valence-corrected chi connectivity index (χ0v) is 21.2. The van der Waals surface area contributed by atoms with Crippen LogP contribution in [0.1, 0.15) is 36.7 Å². The van der Waals surface area contributed by atoms with Gasteiger partial charge < -0.3 is 5.32 Å². The maximum absolute atomic E-state index is 12.9. The van der Waals surface area contributed by atoms with Gasteiger partial charge in [-0.1, -0.05) is 80.2 Å². The Bertz CT molecular complexity index is 1240. The maximum Gasteiger partial charge on any atom is 0.234 e. The quantitative estimate of drug-likeness (QED) is 0.265. The highest BCUT2D eigenvalue weighted by Crippen LogP contribution is 2.29. The fourth-order valence-corrected chi connectivity index (χ4v) is 5.24. The van der Waals surface area contributed by atoms with E-state index in [1.165, 1.54) is 16.7 Å². The number of amides is 1. The lowest BCUT2D eigenvalue weighted by Gasteiger charge is -2.16. The first kappa shape index (κ1) is 24.1. The van der Waals surface area contributed by atoms with E-state index in [-0.39, 0.29) is 11.7 Å². The molecule has 5 nitrogen and oxygen atoms in total. The van der Waals surface area contributed by atoms with Crippen molar-refractivity contribution in [3.05, 3.63) is 95.8 Å². The molecule has 1 N–H and O–H groups in total. The Balaban J connectivity index is 1.51. The first-order valence-electron chi connectivity index (χ1n) is 11.2. The van der Waals surface area contributed by atoms with E-state index >= 15 is 0 Å². The number of rotatable bonds is 9. The van der Waals surface area contributed by atoms with Gasteiger partial charge in [0.1, 0.15) is 5.82 Å². The molecule has 1 amide bonds. The van der Waals surface area contributed by atoms with Crippen LogP contribution >= 0.6 is 23.5 Å². The first-order chi connectivity index (χ1) is 16.5. The van der Waals surface area contributed by atoms with Crippen molar-refractivity contribution >= 4 is 35.1 Å². The number of hydrogen-bond acceptors (Lipinski definition) is 5. The second kappa shape index (κ2) is 11.4. The van der Waals surface area contributed by atoms with E-state index in [1.807, 2.05) is 72.2 Å². The minimum atomic E-state index is -0.0518. The van der Waals surface area contributed by atoms with Crippen LogP contribution in [0.2, 0.25) is 0 Å². The third-order valence-electron chi connectivity index (χ3n) is 5.35. The minimum absolute atomic E-state index is 0.0518. The average Bonchev–Trinajstić information content (AvgIpc) is 3.26. The molecule has 0 bridgehead atoms. The highest BCUT2D eigenvalue weighted by atomic mass is 32.2. The highest BCUT2D eigenvalue weighted by Gasteiger charge is 2.17. The van der Waals surface area contributed by atoms with Gasteiger partial charge in [-0.25, -0.2) is 0 Å². The fourth-order valence-electron chi connectivity index (χ4n) is 3.64. The molecule has 0 saturated carbocycles. The highest BCUT2D eigenvalue weighted by molar-refractivity contribution is 7.99. The lowest BCUT2D eigenvalue weighted by Crippen LogP contribution is -2.17. The van der Waals surface area contributed by atoms with Gasteiger partial charge in [-0.05, 0) is 48.2 Å². The van der Waals surface area contributed by atoms with Gasteiger partial charge >= 0.3 is 0 Å². The van der Waals surface area contributed by atoms with Gasteiger partial charge in [-0.2, -0.15) is 0 Å². The summed E-state index contributed by atoms with van der Waals surface area (Å²) in [6.45, 7) is 6.30. The van der Waals surface area contributed by atoms with Crippen molar-refractivity contribution in [1.29, 1.82) is 0 Å². The van der Waals surface area contributed by atoms with E-state index in [2.05, 4.69) is 47.6 Å². The van der Waals surface area contributed by atoms with Crippen LogP contribution in [0.5, 0.6) is 0 Å². The summed E-state index contributed by atoms with van der Waals surface area (Å²) in [6.07, 6.45) is 0. The predicted octanol–water partition coefficient (Wildman–Crippen LogP) is 6.72. The number of benzene rings is 3. The molecule has 7 heteroatoms. The number of anilines is 1. The largest absolute Gasteiger partial charge is 0.325 e. The Hall–Kier alpha value is -3.03. The number of thioether (sulfide) groups is 2. The lowest BCUT2D eigenvalue weighted by molar-refractivity contribution is -0.113. The van der Waals surface area contributed by atoms with Crippen LogP contribution in [0.4, 0.5) is 5.69 Å². The Morgan fingerprint density at radius 3 is 2.32 bits per heavy atom. The number of hydrogen-bond donors (Lipinski definition) is 1. The molecule has 0 fully saturated rings. The Labute approximate surface area is 209 Å². The van der Waals surface area contributed by atoms with Crippen LogP contribution in [-0.2, 0) is 10.5 Å². The van der Waals surface area contributed by atoms with E-state index < -0.39 is 0 Å². The monoisotopic (exact) mass is 488 g/mol. The predicted molar refractivity (Wildman–Crippen MR) is 142 cm³/mol. The molecule has 0 unspecified atom stereocenters. The summed E-state index contributed by atoms with van der Waals surface area (Å²) >= 11 is 3.12. The molecule has 0 aliphatic carbocycles. The van der Waals surface area contributed by atoms with E-state index in [0.29, 0.717) is 16.8 Å².